The van der Waals surface area contributed by atoms with Crippen molar-refractivity contribution in [2.45, 2.75) is 25.7 Å². The van der Waals surface area contributed by atoms with E-state index < -0.39 is 0 Å². The van der Waals surface area contributed by atoms with E-state index in [1.54, 1.807) is 0 Å². The third-order valence-electron chi connectivity index (χ3n) is 2.20. The number of nitriles is 1. The van der Waals surface area contributed by atoms with Gasteiger partial charge in [0.05, 0.1) is 6.07 Å². The summed E-state index contributed by atoms with van der Waals surface area (Å²) in [7, 11) is 0. The van der Waals surface area contributed by atoms with Crippen LogP contribution < -0.4 is 0 Å². The average molecular weight is 185 g/mol. The topological polar surface area (TPSA) is 23.8 Å². The molecule has 1 aromatic rings. The maximum absolute atomic E-state index is 8.41. The van der Waals surface area contributed by atoms with Gasteiger partial charge in [-0.25, -0.2) is 0 Å². The molecule has 0 saturated carbocycles. The van der Waals surface area contributed by atoms with Crippen LogP contribution >= 0.6 is 0 Å². The minimum Gasteiger partial charge on any atom is -0.198 e. The first-order valence-corrected chi connectivity index (χ1v) is 4.90. The summed E-state index contributed by atoms with van der Waals surface area (Å²) in [6.45, 7) is 3.96. The molecule has 0 aliphatic carbocycles. The van der Waals surface area contributed by atoms with Crippen molar-refractivity contribution in [3.8, 4) is 6.07 Å². The molecule has 0 amide bonds. The molecule has 1 heteroatoms. The van der Waals surface area contributed by atoms with Crippen LogP contribution in [0.2, 0.25) is 0 Å². The van der Waals surface area contributed by atoms with Gasteiger partial charge < -0.3 is 0 Å². The number of nitrogens with zero attached hydrogens (tertiary/aromatic N) is 1. The second-order valence-corrected chi connectivity index (χ2v) is 3.39. The molecule has 0 aromatic heterocycles. The van der Waals surface area contributed by atoms with Gasteiger partial charge in [-0.3, -0.25) is 0 Å². The Morgan fingerprint density at radius 3 is 2.57 bits per heavy atom. The van der Waals surface area contributed by atoms with Crippen molar-refractivity contribution in [1.82, 2.24) is 0 Å². The maximum atomic E-state index is 8.41. The maximum Gasteiger partial charge on any atom is 0.0625 e. The highest BCUT2D eigenvalue weighted by molar-refractivity contribution is 5.16. The van der Waals surface area contributed by atoms with Crippen molar-refractivity contribution in [2.75, 3.05) is 0 Å². The van der Waals surface area contributed by atoms with Crippen molar-refractivity contribution < 1.29 is 0 Å². The van der Waals surface area contributed by atoms with Crippen LogP contribution in [0.3, 0.4) is 0 Å². The van der Waals surface area contributed by atoms with E-state index in [1.165, 1.54) is 11.1 Å². The Morgan fingerprint density at radius 1 is 1.21 bits per heavy atom. The SMILES string of the molecule is C=C(CCC#N)CCc1ccccc1. The van der Waals surface area contributed by atoms with Crippen LogP contribution in [0.4, 0.5) is 0 Å². The van der Waals surface area contributed by atoms with E-state index in [4.69, 9.17) is 5.26 Å². The lowest BCUT2D eigenvalue weighted by Gasteiger charge is -2.02. The molecule has 0 fully saturated rings. The zero-order valence-electron chi connectivity index (χ0n) is 8.37. The zero-order valence-corrected chi connectivity index (χ0v) is 8.37. The van der Waals surface area contributed by atoms with E-state index in [0.717, 1.165) is 19.3 Å². The Morgan fingerprint density at radius 2 is 1.93 bits per heavy atom. The third-order valence-corrected chi connectivity index (χ3v) is 2.20. The molecule has 1 nitrogen and oxygen atoms in total. The molecule has 0 heterocycles. The lowest BCUT2D eigenvalue weighted by Crippen LogP contribution is -1.87. The van der Waals surface area contributed by atoms with Gasteiger partial charge in [0.2, 0.25) is 0 Å². The third kappa shape index (κ3) is 3.91. The van der Waals surface area contributed by atoms with Gasteiger partial charge in [-0.1, -0.05) is 42.5 Å². The number of rotatable bonds is 5. The van der Waals surface area contributed by atoms with Crippen LogP contribution in [-0.4, -0.2) is 0 Å². The number of hydrogen-bond donors (Lipinski definition) is 0. The number of allylic oxidation sites excluding steroid dienone is 1. The highest BCUT2D eigenvalue weighted by atomic mass is 14.2. The Kier molecular flexibility index (Phi) is 4.50. The molecular formula is C13H15N. The normalized spacial score (nSPS) is 9.36. The van der Waals surface area contributed by atoms with Gasteiger partial charge in [0.25, 0.3) is 0 Å². The standard InChI is InChI=1S/C13H15N/c1-12(6-5-11-14)9-10-13-7-3-2-4-8-13/h2-4,7-8H,1,5-6,9-10H2. The first-order valence-electron chi connectivity index (χ1n) is 4.90. The lowest BCUT2D eigenvalue weighted by atomic mass is 10.0. The largest absolute Gasteiger partial charge is 0.198 e. The molecule has 0 N–H and O–H groups in total. The molecule has 0 radical (unpaired) electrons. The summed E-state index contributed by atoms with van der Waals surface area (Å²) in [6, 6.07) is 12.5. The van der Waals surface area contributed by atoms with Crippen molar-refractivity contribution in [1.29, 1.82) is 5.26 Å². The van der Waals surface area contributed by atoms with Crippen molar-refractivity contribution >= 4 is 0 Å². The molecule has 0 spiro atoms. The fraction of sp³-hybridized carbons (Fsp3) is 0.308. The minimum atomic E-state index is 0.591. The average Bonchev–Trinajstić information content (AvgIpc) is 2.25. The summed E-state index contributed by atoms with van der Waals surface area (Å²) in [5.74, 6) is 0. The summed E-state index contributed by atoms with van der Waals surface area (Å²) in [5, 5.41) is 8.41. The Labute approximate surface area is 85.7 Å². The summed E-state index contributed by atoms with van der Waals surface area (Å²) in [5.41, 5.74) is 2.51. The van der Waals surface area contributed by atoms with E-state index in [9.17, 15) is 0 Å². The molecule has 0 bridgehead atoms. The van der Waals surface area contributed by atoms with Crippen LogP contribution in [0.15, 0.2) is 42.5 Å². The fourth-order valence-electron chi connectivity index (χ4n) is 1.32. The second kappa shape index (κ2) is 5.99. The molecule has 0 saturated heterocycles. The van der Waals surface area contributed by atoms with E-state index in [-0.39, 0.29) is 0 Å². The smallest absolute Gasteiger partial charge is 0.0625 e. The van der Waals surface area contributed by atoms with Gasteiger partial charge in [0.15, 0.2) is 0 Å². The molecule has 0 aliphatic heterocycles. The van der Waals surface area contributed by atoms with Gasteiger partial charge >= 0.3 is 0 Å². The van der Waals surface area contributed by atoms with Gasteiger partial charge in [-0.05, 0) is 24.8 Å². The molecule has 1 aromatic carbocycles. The van der Waals surface area contributed by atoms with Crippen LogP contribution in [0.25, 0.3) is 0 Å². The predicted molar refractivity (Wildman–Crippen MR) is 58.8 cm³/mol. The summed E-state index contributed by atoms with van der Waals surface area (Å²) >= 11 is 0. The lowest BCUT2D eigenvalue weighted by molar-refractivity contribution is 0.858. The molecular weight excluding hydrogens is 170 g/mol. The summed E-state index contributed by atoms with van der Waals surface area (Å²) in [6.07, 6.45) is 3.45. The molecule has 0 unspecified atom stereocenters. The quantitative estimate of drug-likeness (QED) is 0.644. The monoisotopic (exact) mass is 185 g/mol. The number of benzene rings is 1. The highest BCUT2D eigenvalue weighted by Gasteiger charge is 1.96. The van der Waals surface area contributed by atoms with Gasteiger partial charge in [0.1, 0.15) is 0 Å². The second-order valence-electron chi connectivity index (χ2n) is 3.39. The van der Waals surface area contributed by atoms with Crippen molar-refractivity contribution in [3.63, 3.8) is 0 Å². The highest BCUT2D eigenvalue weighted by Crippen LogP contribution is 2.11. The van der Waals surface area contributed by atoms with Crippen molar-refractivity contribution in [2.24, 2.45) is 0 Å². The van der Waals surface area contributed by atoms with Gasteiger partial charge in [0, 0.05) is 6.42 Å². The molecule has 1 rings (SSSR count). The van der Waals surface area contributed by atoms with Crippen LogP contribution in [0, 0.1) is 11.3 Å². The van der Waals surface area contributed by atoms with Gasteiger partial charge in [-0.15, -0.1) is 0 Å². The Bertz CT molecular complexity index is 319. The summed E-state index contributed by atoms with van der Waals surface area (Å²) in [4.78, 5) is 0. The van der Waals surface area contributed by atoms with E-state index in [2.05, 4.69) is 24.8 Å². The molecule has 0 atom stereocenters. The first kappa shape index (κ1) is 10.5. The van der Waals surface area contributed by atoms with E-state index in [0.29, 0.717) is 6.42 Å². The minimum absolute atomic E-state index is 0.591. The van der Waals surface area contributed by atoms with Crippen molar-refractivity contribution in [3.05, 3.63) is 48.0 Å². The van der Waals surface area contributed by atoms with E-state index in [1.807, 2.05) is 18.2 Å². The van der Waals surface area contributed by atoms with Crippen LogP contribution in [0.5, 0.6) is 0 Å². The number of aryl methyl sites for hydroxylation is 1. The molecule has 14 heavy (non-hydrogen) atoms. The Balaban J connectivity index is 2.28. The summed E-state index contributed by atoms with van der Waals surface area (Å²) < 4.78 is 0. The number of hydrogen-bond acceptors (Lipinski definition) is 1. The Hall–Kier alpha value is -1.55. The van der Waals surface area contributed by atoms with E-state index >= 15 is 0 Å². The molecule has 72 valence electrons. The van der Waals surface area contributed by atoms with Gasteiger partial charge in [-0.2, -0.15) is 5.26 Å². The van der Waals surface area contributed by atoms with Crippen LogP contribution in [0.1, 0.15) is 24.8 Å². The first-order chi connectivity index (χ1) is 6.83. The molecule has 0 aliphatic rings. The zero-order chi connectivity index (χ0) is 10.2. The fourth-order valence-corrected chi connectivity index (χ4v) is 1.32. The van der Waals surface area contributed by atoms with Crippen LogP contribution in [-0.2, 0) is 6.42 Å². The predicted octanol–water partition coefficient (Wildman–Crippen LogP) is 3.48.